The van der Waals surface area contributed by atoms with E-state index in [4.69, 9.17) is 9.68 Å². The number of rotatable bonds is 4. The van der Waals surface area contributed by atoms with Crippen LogP contribution in [0.4, 0.5) is 0 Å². The van der Waals surface area contributed by atoms with Crippen molar-refractivity contribution in [2.45, 2.75) is 19.4 Å². The van der Waals surface area contributed by atoms with E-state index in [1.807, 2.05) is 0 Å². The number of hydroxylamine groups is 4. The van der Waals surface area contributed by atoms with E-state index in [1.54, 1.807) is 24.3 Å². The third-order valence-corrected chi connectivity index (χ3v) is 4.50. The predicted octanol–water partition coefficient (Wildman–Crippen LogP) is 1.75. The monoisotopic (exact) mass is 394 g/mol. The lowest BCUT2D eigenvalue weighted by Gasteiger charge is -2.27. The first-order valence-electron chi connectivity index (χ1n) is 8.59. The van der Waals surface area contributed by atoms with Gasteiger partial charge < -0.3 is 4.84 Å². The zero-order valence-corrected chi connectivity index (χ0v) is 15.4. The number of hydrogen-bond donors (Lipinski definition) is 0. The highest BCUT2D eigenvalue weighted by Crippen LogP contribution is 2.28. The molecule has 0 saturated carbocycles. The van der Waals surface area contributed by atoms with Crippen molar-refractivity contribution in [1.82, 2.24) is 10.1 Å². The van der Waals surface area contributed by atoms with Crippen molar-refractivity contribution in [3.05, 3.63) is 70.8 Å². The first-order chi connectivity index (χ1) is 13.7. The van der Waals surface area contributed by atoms with Crippen molar-refractivity contribution in [3.8, 4) is 0 Å². The maximum Gasteiger partial charge on any atom is 0.366 e. The molecule has 9 heteroatoms. The average molecular weight is 394 g/mol. The summed E-state index contributed by atoms with van der Waals surface area (Å²) in [6, 6.07) is 12.1. The fraction of sp³-hybridized carbons (Fsp3) is 0.150. The molecule has 0 bridgehead atoms. The summed E-state index contributed by atoms with van der Waals surface area (Å²) in [6.07, 6.45) is 0. The maximum atomic E-state index is 12.6. The predicted molar refractivity (Wildman–Crippen MR) is 95.1 cm³/mol. The topological polar surface area (TPSA) is 110 Å². The van der Waals surface area contributed by atoms with Crippen LogP contribution in [0, 0.1) is 0 Å². The van der Waals surface area contributed by atoms with E-state index in [0.717, 1.165) is 0 Å². The van der Waals surface area contributed by atoms with Gasteiger partial charge in [-0.2, -0.15) is 0 Å². The molecule has 2 aliphatic rings. The molecule has 0 aromatic heterocycles. The van der Waals surface area contributed by atoms with E-state index in [9.17, 15) is 24.0 Å². The molecule has 0 fully saturated rings. The van der Waals surface area contributed by atoms with Crippen LogP contribution in [0.2, 0.25) is 0 Å². The molecular weight excluding hydrogens is 380 g/mol. The van der Waals surface area contributed by atoms with Crippen LogP contribution in [0.1, 0.15) is 55.3 Å². The summed E-state index contributed by atoms with van der Waals surface area (Å²) >= 11 is 0. The number of imide groups is 2. The van der Waals surface area contributed by atoms with Gasteiger partial charge in [-0.05, 0) is 38.1 Å². The van der Waals surface area contributed by atoms with E-state index < -0.39 is 35.2 Å². The summed E-state index contributed by atoms with van der Waals surface area (Å²) in [7, 11) is 0. The zero-order chi connectivity index (χ0) is 20.9. The third kappa shape index (κ3) is 2.79. The Kier molecular flexibility index (Phi) is 4.05. The van der Waals surface area contributed by atoms with Gasteiger partial charge in [-0.1, -0.05) is 29.3 Å². The van der Waals surface area contributed by atoms with Gasteiger partial charge in [0.1, 0.15) is 0 Å². The highest BCUT2D eigenvalue weighted by molar-refractivity contribution is 6.21. The van der Waals surface area contributed by atoms with Crippen molar-refractivity contribution in [2.75, 3.05) is 0 Å². The molecule has 0 atom stereocenters. The molecule has 0 spiro atoms. The second-order valence-corrected chi connectivity index (χ2v) is 6.88. The standard InChI is InChI=1S/C20H14N2O7/c1-20(2,29-22-17(25)13-9-5-6-10-14(13)18(22)26)19(27)28-21-15(23)11-7-3-4-8-12(11)16(21)24/h3-10H,1-2H3. The van der Waals surface area contributed by atoms with Crippen LogP contribution in [0.5, 0.6) is 0 Å². The van der Waals surface area contributed by atoms with Crippen LogP contribution in [-0.4, -0.2) is 45.3 Å². The minimum atomic E-state index is -1.86. The molecule has 0 N–H and O–H groups in total. The normalized spacial score (nSPS) is 15.7. The van der Waals surface area contributed by atoms with E-state index >= 15 is 0 Å². The zero-order valence-electron chi connectivity index (χ0n) is 15.4. The smallest absolute Gasteiger partial charge is 0.326 e. The highest BCUT2D eigenvalue weighted by Gasteiger charge is 2.46. The molecule has 29 heavy (non-hydrogen) atoms. The van der Waals surface area contributed by atoms with Gasteiger partial charge in [0.05, 0.1) is 22.3 Å². The number of nitrogens with zero attached hydrogens (tertiary/aromatic N) is 2. The number of fused-ring (bicyclic) bond motifs is 2. The second-order valence-electron chi connectivity index (χ2n) is 6.88. The number of amides is 4. The molecule has 2 heterocycles. The SMILES string of the molecule is CC(C)(ON1C(=O)c2ccccc2C1=O)C(=O)ON1C(=O)c2ccccc2C1=O. The van der Waals surface area contributed by atoms with Crippen LogP contribution in [0.15, 0.2) is 48.5 Å². The molecule has 2 aromatic carbocycles. The lowest BCUT2D eigenvalue weighted by molar-refractivity contribution is -0.220. The van der Waals surface area contributed by atoms with Gasteiger partial charge in [-0.3, -0.25) is 19.2 Å². The number of carbonyl (C=O) groups is 5. The minimum Gasteiger partial charge on any atom is -0.326 e. The third-order valence-electron chi connectivity index (χ3n) is 4.50. The molecular formula is C20H14N2O7. The van der Waals surface area contributed by atoms with Gasteiger partial charge >= 0.3 is 5.97 Å². The van der Waals surface area contributed by atoms with Crippen molar-refractivity contribution in [2.24, 2.45) is 0 Å². The number of benzene rings is 2. The fourth-order valence-corrected chi connectivity index (χ4v) is 2.96. The molecule has 0 radical (unpaired) electrons. The summed E-state index contributed by atoms with van der Waals surface area (Å²) in [5.74, 6) is -4.19. The summed E-state index contributed by atoms with van der Waals surface area (Å²) in [5.41, 5.74) is -1.37. The number of carbonyl (C=O) groups excluding carboxylic acids is 5. The van der Waals surface area contributed by atoms with E-state index in [1.165, 1.54) is 38.1 Å². The van der Waals surface area contributed by atoms with Crippen molar-refractivity contribution in [1.29, 1.82) is 0 Å². The Morgan fingerprint density at radius 2 is 1.03 bits per heavy atom. The Morgan fingerprint density at radius 1 is 0.690 bits per heavy atom. The molecule has 2 aromatic rings. The molecule has 0 saturated heterocycles. The van der Waals surface area contributed by atoms with Crippen molar-refractivity contribution >= 4 is 29.6 Å². The Balaban J connectivity index is 1.51. The highest BCUT2D eigenvalue weighted by atomic mass is 16.8. The molecule has 2 aliphatic heterocycles. The van der Waals surface area contributed by atoms with Crippen molar-refractivity contribution < 1.29 is 33.6 Å². The number of hydrogen-bond acceptors (Lipinski definition) is 7. The van der Waals surface area contributed by atoms with Crippen LogP contribution >= 0.6 is 0 Å². The summed E-state index contributed by atoms with van der Waals surface area (Å²) in [6.45, 7) is 2.49. The van der Waals surface area contributed by atoms with Gasteiger partial charge in [-0.25, -0.2) is 9.63 Å². The largest absolute Gasteiger partial charge is 0.366 e. The van der Waals surface area contributed by atoms with Gasteiger partial charge in [0.2, 0.25) is 0 Å². The fourth-order valence-electron chi connectivity index (χ4n) is 2.96. The van der Waals surface area contributed by atoms with Gasteiger partial charge in [0, 0.05) is 0 Å². The van der Waals surface area contributed by atoms with Crippen LogP contribution in [0.3, 0.4) is 0 Å². The van der Waals surface area contributed by atoms with Gasteiger partial charge in [-0.15, -0.1) is 5.06 Å². The first-order valence-corrected chi connectivity index (χ1v) is 8.59. The summed E-state index contributed by atoms with van der Waals surface area (Å²) in [5, 5.41) is 0.800. The van der Waals surface area contributed by atoms with Crippen molar-refractivity contribution in [3.63, 3.8) is 0 Å². The molecule has 0 aliphatic carbocycles. The Hall–Kier alpha value is -3.85. The molecule has 0 unspecified atom stereocenters. The second kappa shape index (κ2) is 6.35. The summed E-state index contributed by atoms with van der Waals surface area (Å²) < 4.78 is 0. The Labute approximate surface area is 164 Å². The first kappa shape index (κ1) is 18.5. The van der Waals surface area contributed by atoms with E-state index in [0.29, 0.717) is 10.1 Å². The molecule has 146 valence electrons. The van der Waals surface area contributed by atoms with E-state index in [2.05, 4.69) is 0 Å². The Morgan fingerprint density at radius 3 is 1.41 bits per heavy atom. The molecule has 9 nitrogen and oxygen atoms in total. The lowest BCUT2D eigenvalue weighted by atomic mass is 10.1. The maximum absolute atomic E-state index is 12.6. The van der Waals surface area contributed by atoms with Crippen LogP contribution in [-0.2, 0) is 14.5 Å². The summed E-state index contributed by atoms with van der Waals surface area (Å²) in [4.78, 5) is 72.4. The van der Waals surface area contributed by atoms with Crippen LogP contribution < -0.4 is 0 Å². The molecule has 4 rings (SSSR count). The van der Waals surface area contributed by atoms with Gasteiger partial charge in [0.15, 0.2) is 5.60 Å². The lowest BCUT2D eigenvalue weighted by Crippen LogP contribution is -2.48. The van der Waals surface area contributed by atoms with Crippen LogP contribution in [0.25, 0.3) is 0 Å². The van der Waals surface area contributed by atoms with E-state index in [-0.39, 0.29) is 22.3 Å². The Bertz CT molecular complexity index is 1040. The average Bonchev–Trinajstić information content (AvgIpc) is 3.09. The van der Waals surface area contributed by atoms with Gasteiger partial charge in [0.25, 0.3) is 23.6 Å². The molecule has 4 amide bonds. The quantitative estimate of drug-likeness (QED) is 0.727. The minimum absolute atomic E-state index is 0.101.